The molecule has 2 aromatic rings. The summed E-state index contributed by atoms with van der Waals surface area (Å²) in [5, 5.41) is 6.28. The summed E-state index contributed by atoms with van der Waals surface area (Å²) in [7, 11) is 1.66. The zero-order chi connectivity index (χ0) is 17.4. The molecule has 0 aliphatic rings. The van der Waals surface area contributed by atoms with E-state index in [1.165, 1.54) is 6.07 Å². The molecule has 0 aliphatic heterocycles. The van der Waals surface area contributed by atoms with Crippen LogP contribution in [0.15, 0.2) is 53.5 Å². The van der Waals surface area contributed by atoms with Gasteiger partial charge < -0.3 is 16.4 Å². The maximum Gasteiger partial charge on any atom is 0.248 e. The Bertz CT molecular complexity index is 730. The Kier molecular flexibility index (Phi) is 6.31. The Labute approximate surface area is 140 Å². The lowest BCUT2D eigenvalue weighted by Gasteiger charge is -2.12. The summed E-state index contributed by atoms with van der Waals surface area (Å²) in [4.78, 5) is 15.3. The Balaban J connectivity index is 1.83. The van der Waals surface area contributed by atoms with Crippen LogP contribution >= 0.6 is 0 Å². The third-order valence-electron chi connectivity index (χ3n) is 3.54. The number of carbonyl (C=O) groups excluding carboxylic acids is 1. The Morgan fingerprint density at radius 2 is 1.96 bits per heavy atom. The first kappa shape index (κ1) is 17.5. The molecule has 0 fully saturated rings. The number of carbonyl (C=O) groups is 1. The summed E-state index contributed by atoms with van der Waals surface area (Å²) in [5.41, 5.74) is 7.32. The predicted molar refractivity (Wildman–Crippen MR) is 93.3 cm³/mol. The summed E-state index contributed by atoms with van der Waals surface area (Å²) >= 11 is 0. The van der Waals surface area contributed by atoms with Gasteiger partial charge in [0.05, 0.1) is 0 Å². The minimum Gasteiger partial charge on any atom is -0.366 e. The Hall–Kier alpha value is -2.89. The van der Waals surface area contributed by atoms with Crippen LogP contribution in [0.3, 0.4) is 0 Å². The van der Waals surface area contributed by atoms with Crippen LogP contribution in [0.5, 0.6) is 0 Å². The van der Waals surface area contributed by atoms with Gasteiger partial charge in [-0.1, -0.05) is 30.3 Å². The van der Waals surface area contributed by atoms with E-state index < -0.39 is 5.91 Å². The number of hydrogen-bond acceptors (Lipinski definition) is 2. The van der Waals surface area contributed by atoms with E-state index >= 15 is 0 Å². The molecule has 0 atom stereocenters. The van der Waals surface area contributed by atoms with Crippen molar-refractivity contribution in [2.75, 3.05) is 13.6 Å². The fourth-order valence-corrected chi connectivity index (χ4v) is 2.26. The fraction of sp³-hybridized carbons (Fsp3) is 0.222. The monoisotopic (exact) mass is 328 g/mol. The maximum atomic E-state index is 13.6. The summed E-state index contributed by atoms with van der Waals surface area (Å²) in [5.74, 6) is -0.0504. The molecule has 2 aromatic carbocycles. The van der Waals surface area contributed by atoms with Crippen LogP contribution in [0.1, 0.15) is 21.5 Å². The van der Waals surface area contributed by atoms with Gasteiger partial charge in [-0.25, -0.2) is 4.39 Å². The van der Waals surface area contributed by atoms with Gasteiger partial charge in [0.1, 0.15) is 5.82 Å². The number of rotatable bonds is 6. The number of nitrogens with zero attached hydrogens (tertiary/aromatic N) is 1. The normalized spacial score (nSPS) is 11.2. The lowest BCUT2D eigenvalue weighted by atomic mass is 10.1. The van der Waals surface area contributed by atoms with Gasteiger partial charge >= 0.3 is 0 Å². The van der Waals surface area contributed by atoms with E-state index in [2.05, 4.69) is 15.6 Å². The predicted octanol–water partition coefficient (Wildman–Crippen LogP) is 1.83. The molecule has 6 heteroatoms. The third kappa shape index (κ3) is 5.08. The molecular weight excluding hydrogens is 307 g/mol. The highest BCUT2D eigenvalue weighted by molar-refractivity contribution is 5.92. The average molecular weight is 328 g/mol. The van der Waals surface area contributed by atoms with Gasteiger partial charge in [0.2, 0.25) is 5.91 Å². The molecule has 0 radical (unpaired) electrons. The van der Waals surface area contributed by atoms with Crippen molar-refractivity contribution in [2.24, 2.45) is 10.7 Å². The van der Waals surface area contributed by atoms with Crippen molar-refractivity contribution < 1.29 is 9.18 Å². The van der Waals surface area contributed by atoms with Crippen LogP contribution < -0.4 is 16.4 Å². The van der Waals surface area contributed by atoms with Gasteiger partial charge in [-0.05, 0) is 35.7 Å². The summed E-state index contributed by atoms with van der Waals surface area (Å²) < 4.78 is 13.6. The van der Waals surface area contributed by atoms with Crippen LogP contribution in [0.4, 0.5) is 4.39 Å². The van der Waals surface area contributed by atoms with E-state index in [1.807, 2.05) is 12.1 Å². The topological polar surface area (TPSA) is 79.5 Å². The van der Waals surface area contributed by atoms with Crippen molar-refractivity contribution in [2.45, 2.75) is 13.0 Å². The highest BCUT2D eigenvalue weighted by Gasteiger charge is 2.04. The maximum absolute atomic E-state index is 13.6. The largest absolute Gasteiger partial charge is 0.366 e. The van der Waals surface area contributed by atoms with E-state index in [0.717, 1.165) is 5.56 Å². The quantitative estimate of drug-likeness (QED) is 0.559. The number of halogens is 1. The third-order valence-corrected chi connectivity index (χ3v) is 3.54. The van der Waals surface area contributed by atoms with Crippen molar-refractivity contribution in [3.05, 3.63) is 71.0 Å². The number of aliphatic imine (C=N–C) groups is 1. The minimum absolute atomic E-state index is 0.203. The highest BCUT2D eigenvalue weighted by atomic mass is 19.1. The van der Waals surface area contributed by atoms with Crippen molar-refractivity contribution in [1.82, 2.24) is 10.6 Å². The van der Waals surface area contributed by atoms with Gasteiger partial charge in [0.25, 0.3) is 0 Å². The molecule has 1 amide bonds. The van der Waals surface area contributed by atoms with Crippen LogP contribution in [0, 0.1) is 5.82 Å². The molecule has 126 valence electrons. The number of hydrogen-bond donors (Lipinski definition) is 3. The molecule has 0 unspecified atom stereocenters. The zero-order valence-corrected chi connectivity index (χ0v) is 13.6. The molecule has 0 heterocycles. The van der Waals surface area contributed by atoms with E-state index in [1.54, 1.807) is 37.4 Å². The van der Waals surface area contributed by atoms with Crippen molar-refractivity contribution >= 4 is 11.9 Å². The summed E-state index contributed by atoms with van der Waals surface area (Å²) in [6.07, 6.45) is 0.560. The molecule has 0 spiro atoms. The van der Waals surface area contributed by atoms with Gasteiger partial charge in [-0.2, -0.15) is 0 Å². The molecule has 0 saturated heterocycles. The fourth-order valence-electron chi connectivity index (χ4n) is 2.26. The number of amides is 1. The SMILES string of the molecule is CN=C(NCCc1ccccc1F)NCc1cccc(C(N)=O)c1. The summed E-state index contributed by atoms with van der Waals surface area (Å²) in [6.45, 7) is 1.06. The molecule has 0 aromatic heterocycles. The van der Waals surface area contributed by atoms with E-state index in [0.29, 0.717) is 36.6 Å². The van der Waals surface area contributed by atoms with Crippen molar-refractivity contribution in [3.8, 4) is 0 Å². The highest BCUT2D eigenvalue weighted by Crippen LogP contribution is 2.06. The number of nitrogens with one attached hydrogen (secondary N) is 2. The average Bonchev–Trinajstić information content (AvgIpc) is 2.59. The lowest BCUT2D eigenvalue weighted by molar-refractivity contribution is 0.1000. The van der Waals surface area contributed by atoms with Gasteiger partial charge in [0.15, 0.2) is 5.96 Å². The molecule has 24 heavy (non-hydrogen) atoms. The van der Waals surface area contributed by atoms with E-state index in [-0.39, 0.29) is 5.82 Å². The number of nitrogens with two attached hydrogens (primary N) is 1. The number of benzene rings is 2. The number of guanidine groups is 1. The molecule has 4 N–H and O–H groups in total. The van der Waals surface area contributed by atoms with E-state index in [4.69, 9.17) is 5.73 Å². The summed E-state index contributed by atoms with van der Waals surface area (Å²) in [6, 6.07) is 13.8. The lowest BCUT2D eigenvalue weighted by Crippen LogP contribution is -2.38. The van der Waals surface area contributed by atoms with Crippen molar-refractivity contribution in [1.29, 1.82) is 0 Å². The first-order chi connectivity index (χ1) is 11.6. The second-order valence-corrected chi connectivity index (χ2v) is 5.26. The molecule has 0 aliphatic carbocycles. The molecular formula is C18H21FN4O. The first-order valence-electron chi connectivity index (χ1n) is 7.67. The molecule has 0 saturated carbocycles. The van der Waals surface area contributed by atoms with Gasteiger partial charge in [-0.3, -0.25) is 9.79 Å². The van der Waals surface area contributed by atoms with Crippen LogP contribution in [-0.4, -0.2) is 25.5 Å². The first-order valence-corrected chi connectivity index (χ1v) is 7.67. The molecule has 5 nitrogen and oxygen atoms in total. The van der Waals surface area contributed by atoms with E-state index in [9.17, 15) is 9.18 Å². The van der Waals surface area contributed by atoms with Crippen LogP contribution in [0.25, 0.3) is 0 Å². The second-order valence-electron chi connectivity index (χ2n) is 5.26. The van der Waals surface area contributed by atoms with Gasteiger partial charge in [-0.15, -0.1) is 0 Å². The Morgan fingerprint density at radius 3 is 2.67 bits per heavy atom. The zero-order valence-electron chi connectivity index (χ0n) is 13.6. The minimum atomic E-state index is -0.454. The van der Waals surface area contributed by atoms with Crippen molar-refractivity contribution in [3.63, 3.8) is 0 Å². The Morgan fingerprint density at radius 1 is 1.17 bits per heavy atom. The van der Waals surface area contributed by atoms with Crippen LogP contribution in [0.2, 0.25) is 0 Å². The number of primary amides is 1. The molecule has 0 bridgehead atoms. The molecule has 2 rings (SSSR count). The second kappa shape index (κ2) is 8.67. The smallest absolute Gasteiger partial charge is 0.248 e. The standard InChI is InChI=1S/C18H21FN4O/c1-21-18(22-10-9-14-6-2-3-8-16(14)19)23-12-13-5-4-7-15(11-13)17(20)24/h2-8,11H,9-10,12H2,1H3,(H2,20,24)(H2,21,22,23). The van der Waals surface area contributed by atoms with Crippen LogP contribution in [-0.2, 0) is 13.0 Å². The van der Waals surface area contributed by atoms with Gasteiger partial charge in [0, 0.05) is 25.7 Å².